The molecule has 192 valence electrons. The highest BCUT2D eigenvalue weighted by Gasteiger charge is 2.75. The van der Waals surface area contributed by atoms with Gasteiger partial charge in [-0.15, -0.1) is 0 Å². The monoisotopic (exact) mass is 482 g/mol. The van der Waals surface area contributed by atoms with Crippen molar-refractivity contribution in [3.63, 3.8) is 0 Å². The van der Waals surface area contributed by atoms with Crippen LogP contribution in [0.5, 0.6) is 0 Å². The molecule has 4 saturated carbocycles. The van der Waals surface area contributed by atoms with Crippen molar-refractivity contribution in [3.05, 3.63) is 0 Å². The van der Waals surface area contributed by atoms with Gasteiger partial charge in [-0.2, -0.15) is 0 Å². The number of carbonyl (C=O) groups excluding carboxylic acids is 3. The lowest BCUT2D eigenvalue weighted by Crippen LogP contribution is -2.71. The van der Waals surface area contributed by atoms with Gasteiger partial charge in [-0.3, -0.25) is 14.4 Å². The Hall–Kier alpha value is -1.37. The Morgan fingerprint density at radius 1 is 1.12 bits per heavy atom. The smallest absolute Gasteiger partial charge is 0.306 e. The van der Waals surface area contributed by atoms with Crippen molar-refractivity contribution < 1.29 is 33.0 Å². The summed E-state index contributed by atoms with van der Waals surface area (Å²) in [6, 6.07) is 0. The van der Waals surface area contributed by atoms with Gasteiger partial charge in [-0.1, -0.05) is 34.1 Å². The number of hydrogen-bond donors (Lipinski definition) is 1. The first-order valence-electron chi connectivity index (χ1n) is 13.1. The number of Topliss-reactive ketones (excluding diaryl/α,β-unsaturated/α-hetero) is 2. The molecule has 0 saturated heterocycles. The molecule has 9 atom stereocenters. The Labute approximate surface area is 201 Å². The summed E-state index contributed by atoms with van der Waals surface area (Å²) >= 11 is 0. The molecule has 4 fully saturated rings. The standard InChI is InChI=1S/C27H40F2O5/c1-5-6-7-23(33)34-15-22(32)25(3)11-9-17-18-13-20(28)19-12-16(30)8-10-24(19,2)27(18,29)21(31)14-26(17,25)4/h17-21,31H,5-15H2,1-4H3/t17?,18?,19?,20-,21-,24-,25+,26-,27-/m0/s1. The zero-order valence-corrected chi connectivity index (χ0v) is 21.0. The van der Waals surface area contributed by atoms with E-state index in [4.69, 9.17) is 4.74 Å². The van der Waals surface area contributed by atoms with E-state index in [0.717, 1.165) is 6.42 Å². The van der Waals surface area contributed by atoms with Crippen LogP contribution in [0.3, 0.4) is 0 Å². The second-order valence-electron chi connectivity index (χ2n) is 12.2. The van der Waals surface area contributed by atoms with Crippen LogP contribution in [0, 0.1) is 34.0 Å². The molecular formula is C27H40F2O5. The number of ether oxygens (including phenoxy) is 1. The maximum atomic E-state index is 17.2. The zero-order chi connectivity index (χ0) is 25.1. The first-order valence-corrected chi connectivity index (χ1v) is 13.1. The number of carbonyl (C=O) groups is 3. The molecule has 3 unspecified atom stereocenters. The molecule has 1 N–H and O–H groups in total. The molecule has 4 aliphatic rings. The number of fused-ring (bicyclic) bond motifs is 5. The minimum absolute atomic E-state index is 0.0301. The molecule has 0 bridgehead atoms. The van der Waals surface area contributed by atoms with Gasteiger partial charge >= 0.3 is 5.97 Å². The molecule has 0 amide bonds. The van der Waals surface area contributed by atoms with E-state index in [0.29, 0.717) is 19.3 Å². The fourth-order valence-electron chi connectivity index (χ4n) is 8.43. The highest BCUT2D eigenvalue weighted by molar-refractivity contribution is 5.88. The van der Waals surface area contributed by atoms with Gasteiger partial charge in [0, 0.05) is 41.9 Å². The lowest BCUT2D eigenvalue weighted by Gasteiger charge is -2.66. The quantitative estimate of drug-likeness (QED) is 0.544. The summed E-state index contributed by atoms with van der Waals surface area (Å²) in [4.78, 5) is 37.4. The highest BCUT2D eigenvalue weighted by Crippen LogP contribution is 2.72. The van der Waals surface area contributed by atoms with Crippen molar-refractivity contribution in [1.82, 2.24) is 0 Å². The van der Waals surface area contributed by atoms with E-state index in [-0.39, 0.29) is 62.6 Å². The van der Waals surface area contributed by atoms with Crippen molar-refractivity contribution in [2.45, 2.75) is 110 Å². The fourth-order valence-corrected chi connectivity index (χ4v) is 8.43. The normalized spacial score (nSPS) is 48.0. The lowest BCUT2D eigenvalue weighted by atomic mass is 9.41. The first-order chi connectivity index (χ1) is 15.8. The number of halogens is 2. The summed E-state index contributed by atoms with van der Waals surface area (Å²) in [7, 11) is 0. The highest BCUT2D eigenvalue weighted by atomic mass is 19.1. The molecule has 7 heteroatoms. The largest absolute Gasteiger partial charge is 0.458 e. The average molecular weight is 483 g/mol. The van der Waals surface area contributed by atoms with Crippen LogP contribution < -0.4 is 0 Å². The van der Waals surface area contributed by atoms with Crippen molar-refractivity contribution in [1.29, 1.82) is 0 Å². The van der Waals surface area contributed by atoms with Crippen LogP contribution in [0.15, 0.2) is 0 Å². The predicted molar refractivity (Wildman–Crippen MR) is 122 cm³/mol. The van der Waals surface area contributed by atoms with Gasteiger partial charge in [0.05, 0.1) is 6.10 Å². The van der Waals surface area contributed by atoms with Crippen LogP contribution in [-0.4, -0.2) is 47.2 Å². The number of aliphatic hydroxyl groups is 1. The number of esters is 1. The van der Waals surface area contributed by atoms with Crippen LogP contribution in [0.4, 0.5) is 8.78 Å². The van der Waals surface area contributed by atoms with Crippen molar-refractivity contribution >= 4 is 17.5 Å². The SMILES string of the molecule is CCCCC(=O)OCC(=O)[C@@]1(C)CCC2C3C[C@H](F)C4CC(=O)CC[C@]4(C)[C@@]3(F)[C@@H](O)C[C@@]21C. The zero-order valence-electron chi connectivity index (χ0n) is 21.0. The minimum atomic E-state index is -1.99. The second-order valence-corrected chi connectivity index (χ2v) is 12.2. The molecule has 5 nitrogen and oxygen atoms in total. The van der Waals surface area contributed by atoms with E-state index in [9.17, 15) is 19.5 Å². The van der Waals surface area contributed by atoms with Crippen LogP contribution in [0.25, 0.3) is 0 Å². The van der Waals surface area contributed by atoms with Gasteiger partial charge in [0.25, 0.3) is 0 Å². The number of rotatable bonds is 6. The molecule has 0 aromatic carbocycles. The molecule has 0 aromatic heterocycles. The summed E-state index contributed by atoms with van der Waals surface area (Å²) in [6.07, 6.45) is 0.801. The van der Waals surface area contributed by atoms with E-state index in [1.165, 1.54) is 0 Å². The van der Waals surface area contributed by atoms with Gasteiger partial charge in [0.15, 0.2) is 12.4 Å². The van der Waals surface area contributed by atoms with Gasteiger partial charge in [0.1, 0.15) is 17.6 Å². The van der Waals surface area contributed by atoms with Crippen molar-refractivity contribution in [2.75, 3.05) is 6.61 Å². The third kappa shape index (κ3) is 3.42. The molecular weight excluding hydrogens is 442 g/mol. The molecule has 34 heavy (non-hydrogen) atoms. The maximum Gasteiger partial charge on any atom is 0.306 e. The van der Waals surface area contributed by atoms with Crippen LogP contribution >= 0.6 is 0 Å². The molecule has 0 spiro atoms. The Morgan fingerprint density at radius 2 is 1.82 bits per heavy atom. The number of aliphatic hydroxyl groups excluding tert-OH is 1. The Balaban J connectivity index is 1.61. The van der Waals surface area contributed by atoms with E-state index < -0.39 is 52.0 Å². The van der Waals surface area contributed by atoms with E-state index in [1.54, 1.807) is 6.92 Å². The molecule has 4 aliphatic carbocycles. The maximum absolute atomic E-state index is 17.2. The molecule has 4 rings (SSSR count). The summed E-state index contributed by atoms with van der Waals surface area (Å²) in [5.74, 6) is -2.34. The van der Waals surface area contributed by atoms with Crippen molar-refractivity contribution in [2.24, 2.45) is 34.0 Å². The Kier molecular flexibility index (Phi) is 6.53. The average Bonchev–Trinajstić information content (AvgIpc) is 3.05. The van der Waals surface area contributed by atoms with E-state index >= 15 is 8.78 Å². The van der Waals surface area contributed by atoms with Crippen LogP contribution in [0.1, 0.15) is 91.9 Å². The second kappa shape index (κ2) is 8.63. The van der Waals surface area contributed by atoms with Crippen LogP contribution in [0.2, 0.25) is 0 Å². The van der Waals surface area contributed by atoms with E-state index in [2.05, 4.69) is 0 Å². The van der Waals surface area contributed by atoms with Gasteiger partial charge in [0.2, 0.25) is 0 Å². The Morgan fingerprint density at radius 3 is 2.50 bits per heavy atom. The minimum Gasteiger partial charge on any atom is -0.458 e. The molecule has 0 heterocycles. The Bertz CT molecular complexity index is 862. The fraction of sp³-hybridized carbons (Fsp3) is 0.889. The number of unbranched alkanes of at least 4 members (excludes halogenated alkanes) is 1. The summed E-state index contributed by atoms with van der Waals surface area (Å²) < 4.78 is 38.0. The van der Waals surface area contributed by atoms with E-state index in [1.807, 2.05) is 20.8 Å². The van der Waals surface area contributed by atoms with Crippen LogP contribution in [-0.2, 0) is 19.1 Å². The van der Waals surface area contributed by atoms with Gasteiger partial charge in [-0.25, -0.2) is 8.78 Å². The lowest BCUT2D eigenvalue weighted by molar-refractivity contribution is -0.259. The summed E-state index contributed by atoms with van der Waals surface area (Å²) in [6.45, 7) is 7.14. The number of hydrogen-bond acceptors (Lipinski definition) is 5. The number of alkyl halides is 2. The molecule has 0 aliphatic heterocycles. The number of ketones is 2. The third-order valence-corrected chi connectivity index (χ3v) is 10.9. The summed E-state index contributed by atoms with van der Waals surface area (Å²) in [5, 5.41) is 11.4. The van der Waals surface area contributed by atoms with Crippen molar-refractivity contribution in [3.8, 4) is 0 Å². The first kappa shape index (κ1) is 25.7. The van der Waals surface area contributed by atoms with Gasteiger partial charge < -0.3 is 9.84 Å². The predicted octanol–water partition coefficient (Wildman–Crippen LogP) is 4.92. The molecule has 0 radical (unpaired) electrons. The third-order valence-electron chi connectivity index (χ3n) is 10.9. The summed E-state index contributed by atoms with van der Waals surface area (Å²) in [5.41, 5.74) is -4.72. The topological polar surface area (TPSA) is 80.7 Å². The van der Waals surface area contributed by atoms with Gasteiger partial charge in [-0.05, 0) is 49.9 Å². The molecule has 0 aromatic rings.